The molecule has 0 atom stereocenters. The maximum Gasteiger partial charge on any atom is 0.230 e. The Bertz CT molecular complexity index is 608. The molecule has 25 heavy (non-hydrogen) atoms. The highest BCUT2D eigenvalue weighted by Gasteiger charge is 2.32. The van der Waals surface area contributed by atoms with Crippen molar-refractivity contribution >= 4 is 5.91 Å². The average molecular weight is 347 g/mol. The van der Waals surface area contributed by atoms with Crippen LogP contribution >= 0.6 is 0 Å². The van der Waals surface area contributed by atoms with Gasteiger partial charge in [0.1, 0.15) is 13.2 Å². The first kappa shape index (κ1) is 18.1. The quantitative estimate of drug-likeness (QED) is 0.824. The number of nitrogens with one attached hydrogen (secondary N) is 1. The van der Waals surface area contributed by atoms with Crippen LogP contribution in [0.2, 0.25) is 0 Å². The predicted molar refractivity (Wildman–Crippen MR) is 96.2 cm³/mol. The molecule has 0 radical (unpaired) electrons. The van der Waals surface area contributed by atoms with Gasteiger partial charge in [-0.3, -0.25) is 4.79 Å². The van der Waals surface area contributed by atoms with E-state index in [4.69, 9.17) is 14.2 Å². The standard InChI is InChI=1S/C20H29NO4/c1-4-23-16-11-14(12-16)7-8-21-19(22)20(2,3)15-5-6-17-18(13-15)25-10-9-24-17/h5-6,13-14,16H,4,7-12H2,1-3H3,(H,21,22). The number of benzene rings is 1. The molecule has 3 rings (SSSR count). The lowest BCUT2D eigenvalue weighted by atomic mass is 9.79. The van der Waals surface area contributed by atoms with Gasteiger partial charge in [0.25, 0.3) is 0 Å². The summed E-state index contributed by atoms with van der Waals surface area (Å²) in [6.45, 7) is 8.56. The minimum absolute atomic E-state index is 0.0462. The third-order valence-electron chi connectivity index (χ3n) is 5.26. The Hall–Kier alpha value is -1.75. The summed E-state index contributed by atoms with van der Waals surface area (Å²) in [6.07, 6.45) is 3.69. The van der Waals surface area contributed by atoms with Crippen LogP contribution in [0.5, 0.6) is 11.5 Å². The lowest BCUT2D eigenvalue weighted by Gasteiger charge is -2.35. The molecular formula is C20H29NO4. The Morgan fingerprint density at radius 1 is 1.24 bits per heavy atom. The van der Waals surface area contributed by atoms with Crippen LogP contribution in [0.1, 0.15) is 45.6 Å². The molecule has 0 unspecified atom stereocenters. The number of rotatable bonds is 7. The van der Waals surface area contributed by atoms with Gasteiger partial charge in [-0.1, -0.05) is 6.07 Å². The summed E-state index contributed by atoms with van der Waals surface area (Å²) >= 11 is 0. The number of hydrogen-bond donors (Lipinski definition) is 1. The first-order valence-electron chi connectivity index (χ1n) is 9.30. The number of ether oxygens (including phenoxy) is 3. The van der Waals surface area contributed by atoms with E-state index in [-0.39, 0.29) is 5.91 Å². The predicted octanol–water partition coefficient (Wildman–Crippen LogP) is 3.06. The highest BCUT2D eigenvalue weighted by Crippen LogP contribution is 2.35. The monoisotopic (exact) mass is 347 g/mol. The molecule has 1 N–H and O–H groups in total. The maximum absolute atomic E-state index is 12.7. The Labute approximate surface area is 150 Å². The zero-order chi connectivity index (χ0) is 17.9. The van der Waals surface area contributed by atoms with Gasteiger partial charge in [-0.05, 0) is 63.6 Å². The molecule has 138 valence electrons. The molecule has 0 saturated heterocycles. The topological polar surface area (TPSA) is 56.8 Å². The van der Waals surface area contributed by atoms with Gasteiger partial charge in [-0.15, -0.1) is 0 Å². The van der Waals surface area contributed by atoms with E-state index in [0.717, 1.165) is 49.5 Å². The fourth-order valence-corrected chi connectivity index (χ4v) is 3.46. The van der Waals surface area contributed by atoms with Crippen LogP contribution in [-0.2, 0) is 14.9 Å². The van der Waals surface area contributed by atoms with E-state index in [0.29, 0.717) is 25.2 Å². The average Bonchev–Trinajstić information content (AvgIpc) is 2.58. The van der Waals surface area contributed by atoms with Crippen molar-refractivity contribution < 1.29 is 19.0 Å². The molecule has 5 heteroatoms. The van der Waals surface area contributed by atoms with Crippen molar-refractivity contribution in [1.82, 2.24) is 5.32 Å². The SMILES string of the molecule is CCOC1CC(CCNC(=O)C(C)(C)c2ccc3c(c2)OCCO3)C1. The lowest BCUT2D eigenvalue weighted by molar-refractivity contribution is -0.125. The van der Waals surface area contributed by atoms with Crippen molar-refractivity contribution in [3.63, 3.8) is 0 Å². The zero-order valence-corrected chi connectivity index (χ0v) is 15.5. The molecule has 2 aliphatic rings. The first-order valence-corrected chi connectivity index (χ1v) is 9.30. The second kappa shape index (κ2) is 7.65. The van der Waals surface area contributed by atoms with E-state index >= 15 is 0 Å². The minimum Gasteiger partial charge on any atom is -0.486 e. The number of amides is 1. The second-order valence-electron chi connectivity index (χ2n) is 7.44. The van der Waals surface area contributed by atoms with Crippen LogP contribution in [0.25, 0.3) is 0 Å². The van der Waals surface area contributed by atoms with Crippen LogP contribution in [-0.4, -0.2) is 38.4 Å². The lowest BCUT2D eigenvalue weighted by Crippen LogP contribution is -2.42. The van der Waals surface area contributed by atoms with E-state index in [1.807, 2.05) is 39.0 Å². The highest BCUT2D eigenvalue weighted by atomic mass is 16.6. The van der Waals surface area contributed by atoms with Crippen molar-refractivity contribution in [2.24, 2.45) is 5.92 Å². The van der Waals surface area contributed by atoms with Crippen LogP contribution < -0.4 is 14.8 Å². The second-order valence-corrected chi connectivity index (χ2v) is 7.44. The molecule has 1 aromatic carbocycles. The first-order chi connectivity index (χ1) is 12.0. The number of carbonyl (C=O) groups is 1. The highest BCUT2D eigenvalue weighted by molar-refractivity contribution is 5.87. The summed E-state index contributed by atoms with van der Waals surface area (Å²) in [5, 5.41) is 3.10. The molecule has 1 aliphatic heterocycles. The molecule has 0 aromatic heterocycles. The van der Waals surface area contributed by atoms with Gasteiger partial charge in [0.2, 0.25) is 5.91 Å². The third kappa shape index (κ3) is 4.09. The summed E-state index contributed by atoms with van der Waals surface area (Å²) in [7, 11) is 0. The summed E-state index contributed by atoms with van der Waals surface area (Å²) in [5.41, 5.74) is 0.331. The molecule has 1 amide bonds. The normalized spacial score (nSPS) is 22.2. The van der Waals surface area contributed by atoms with E-state index in [2.05, 4.69) is 5.32 Å². The fraction of sp³-hybridized carbons (Fsp3) is 0.650. The van der Waals surface area contributed by atoms with E-state index in [9.17, 15) is 4.79 Å². The van der Waals surface area contributed by atoms with Crippen LogP contribution in [0.15, 0.2) is 18.2 Å². The van der Waals surface area contributed by atoms with Gasteiger partial charge < -0.3 is 19.5 Å². The fourth-order valence-electron chi connectivity index (χ4n) is 3.46. The van der Waals surface area contributed by atoms with Gasteiger partial charge in [0.15, 0.2) is 11.5 Å². The zero-order valence-electron chi connectivity index (χ0n) is 15.5. The summed E-state index contributed by atoms with van der Waals surface area (Å²) in [4.78, 5) is 12.7. The maximum atomic E-state index is 12.7. The third-order valence-corrected chi connectivity index (χ3v) is 5.26. The van der Waals surface area contributed by atoms with Crippen LogP contribution in [0, 0.1) is 5.92 Å². The van der Waals surface area contributed by atoms with Crippen molar-refractivity contribution in [2.75, 3.05) is 26.4 Å². The summed E-state index contributed by atoms with van der Waals surface area (Å²) in [5.74, 6) is 2.19. The van der Waals surface area contributed by atoms with Gasteiger partial charge in [-0.2, -0.15) is 0 Å². The smallest absolute Gasteiger partial charge is 0.230 e. The molecule has 0 bridgehead atoms. The molecule has 5 nitrogen and oxygen atoms in total. The van der Waals surface area contributed by atoms with Crippen molar-refractivity contribution in [3.05, 3.63) is 23.8 Å². The number of hydrogen-bond acceptors (Lipinski definition) is 4. The van der Waals surface area contributed by atoms with Gasteiger partial charge >= 0.3 is 0 Å². The number of fused-ring (bicyclic) bond motifs is 1. The Morgan fingerprint density at radius 3 is 2.68 bits per heavy atom. The molecule has 1 heterocycles. The largest absolute Gasteiger partial charge is 0.486 e. The Kier molecular flexibility index (Phi) is 5.52. The molecule has 1 aromatic rings. The summed E-state index contributed by atoms with van der Waals surface area (Å²) < 4.78 is 16.8. The summed E-state index contributed by atoms with van der Waals surface area (Å²) in [6, 6.07) is 5.76. The minimum atomic E-state index is -0.608. The van der Waals surface area contributed by atoms with Crippen molar-refractivity contribution in [3.8, 4) is 11.5 Å². The molecule has 1 saturated carbocycles. The Balaban J connectivity index is 1.50. The Morgan fingerprint density at radius 2 is 1.96 bits per heavy atom. The molecule has 1 aliphatic carbocycles. The van der Waals surface area contributed by atoms with Gasteiger partial charge in [-0.25, -0.2) is 0 Å². The number of carbonyl (C=O) groups excluding carboxylic acids is 1. The molecule has 0 spiro atoms. The van der Waals surface area contributed by atoms with E-state index in [1.165, 1.54) is 0 Å². The van der Waals surface area contributed by atoms with Crippen molar-refractivity contribution in [2.45, 2.75) is 51.6 Å². The molecular weight excluding hydrogens is 318 g/mol. The van der Waals surface area contributed by atoms with Gasteiger partial charge in [0, 0.05) is 13.2 Å². The van der Waals surface area contributed by atoms with Gasteiger partial charge in [0.05, 0.1) is 11.5 Å². The van der Waals surface area contributed by atoms with E-state index in [1.54, 1.807) is 0 Å². The van der Waals surface area contributed by atoms with Crippen molar-refractivity contribution in [1.29, 1.82) is 0 Å². The van der Waals surface area contributed by atoms with E-state index < -0.39 is 5.41 Å². The molecule has 1 fully saturated rings. The van der Waals surface area contributed by atoms with Crippen LogP contribution in [0.4, 0.5) is 0 Å². The van der Waals surface area contributed by atoms with Crippen LogP contribution in [0.3, 0.4) is 0 Å².